The summed E-state index contributed by atoms with van der Waals surface area (Å²) in [5, 5.41) is 14.1. The lowest BCUT2D eigenvalue weighted by atomic mass is 9.86. The van der Waals surface area contributed by atoms with Crippen LogP contribution in [0.15, 0.2) is 47.6 Å². The first-order valence-corrected chi connectivity index (χ1v) is 10.2. The Balaban J connectivity index is 1.60. The van der Waals surface area contributed by atoms with Crippen molar-refractivity contribution in [3.05, 3.63) is 64.7 Å². The number of carbonyl (C=O) groups is 1. The maximum atomic E-state index is 12.4. The fourth-order valence-corrected chi connectivity index (χ4v) is 3.46. The van der Waals surface area contributed by atoms with Gasteiger partial charge >= 0.3 is 0 Å². The van der Waals surface area contributed by atoms with Crippen LogP contribution in [0.1, 0.15) is 76.1 Å². The minimum absolute atomic E-state index is 0.0245. The molecule has 2 aromatic carbocycles. The largest absolute Gasteiger partial charge is 0.507 e. The summed E-state index contributed by atoms with van der Waals surface area (Å²) >= 11 is 0. The van der Waals surface area contributed by atoms with E-state index in [0.717, 1.165) is 12.0 Å². The molecule has 1 aliphatic carbocycles. The Morgan fingerprint density at radius 1 is 1.00 bits per heavy atom. The number of rotatable bonds is 4. The maximum Gasteiger partial charge on any atom is 0.243 e. The lowest BCUT2D eigenvalue weighted by Crippen LogP contribution is -2.20. The summed E-state index contributed by atoms with van der Waals surface area (Å²) < 4.78 is 0. The molecule has 4 heteroatoms. The summed E-state index contributed by atoms with van der Waals surface area (Å²) in [6.45, 7) is 12.9. The van der Waals surface area contributed by atoms with Crippen molar-refractivity contribution in [2.45, 2.75) is 64.7 Å². The van der Waals surface area contributed by atoms with Crippen LogP contribution in [-0.4, -0.2) is 17.2 Å². The summed E-state index contributed by atoms with van der Waals surface area (Å²) in [5.74, 6) is 0.302. The van der Waals surface area contributed by atoms with Gasteiger partial charge in [0, 0.05) is 11.5 Å². The van der Waals surface area contributed by atoms with Crippen molar-refractivity contribution in [2.75, 3.05) is 0 Å². The number of amides is 1. The predicted molar refractivity (Wildman–Crippen MR) is 119 cm³/mol. The Kier molecular flexibility index (Phi) is 5.57. The Morgan fingerprint density at radius 3 is 2.17 bits per heavy atom. The highest BCUT2D eigenvalue weighted by molar-refractivity contribution is 5.87. The van der Waals surface area contributed by atoms with Gasteiger partial charge in [-0.2, -0.15) is 5.10 Å². The highest BCUT2D eigenvalue weighted by atomic mass is 16.3. The van der Waals surface area contributed by atoms with E-state index < -0.39 is 0 Å². The van der Waals surface area contributed by atoms with Crippen LogP contribution >= 0.6 is 0 Å². The minimum Gasteiger partial charge on any atom is -0.507 e. The molecule has 0 bridgehead atoms. The summed E-state index contributed by atoms with van der Waals surface area (Å²) in [5.41, 5.74) is 6.94. The molecule has 0 saturated heterocycles. The molecular formula is C25H32N2O2. The van der Waals surface area contributed by atoms with Crippen LogP contribution in [-0.2, 0) is 15.6 Å². The number of nitrogens with zero attached hydrogens (tertiary/aromatic N) is 1. The van der Waals surface area contributed by atoms with Crippen LogP contribution in [0.4, 0.5) is 0 Å². The third-order valence-electron chi connectivity index (χ3n) is 5.60. The molecule has 0 aliphatic heterocycles. The molecule has 0 radical (unpaired) electrons. The summed E-state index contributed by atoms with van der Waals surface area (Å²) in [4.78, 5) is 12.4. The molecule has 2 aromatic rings. The van der Waals surface area contributed by atoms with Gasteiger partial charge in [-0.15, -0.1) is 0 Å². The zero-order valence-corrected chi connectivity index (χ0v) is 18.3. The second kappa shape index (κ2) is 7.66. The maximum absolute atomic E-state index is 12.4. The normalized spacial score (nSPS) is 19.4. The summed E-state index contributed by atoms with van der Waals surface area (Å²) in [6, 6.07) is 14.1. The molecule has 1 aliphatic rings. The van der Waals surface area contributed by atoms with Crippen molar-refractivity contribution in [3.8, 4) is 5.75 Å². The summed E-state index contributed by atoms with van der Waals surface area (Å²) in [7, 11) is 0. The Bertz CT molecular complexity index is 915. The Labute approximate surface area is 174 Å². The van der Waals surface area contributed by atoms with E-state index in [4.69, 9.17) is 0 Å². The fourth-order valence-electron chi connectivity index (χ4n) is 3.46. The second-order valence-corrected chi connectivity index (χ2v) is 10.1. The van der Waals surface area contributed by atoms with E-state index in [-0.39, 0.29) is 34.3 Å². The lowest BCUT2D eigenvalue weighted by molar-refractivity contribution is -0.122. The monoisotopic (exact) mass is 392 g/mol. The van der Waals surface area contributed by atoms with Crippen LogP contribution in [0.25, 0.3) is 0 Å². The van der Waals surface area contributed by atoms with Crippen molar-refractivity contribution in [1.82, 2.24) is 5.43 Å². The topological polar surface area (TPSA) is 61.7 Å². The lowest BCUT2D eigenvalue weighted by Gasteiger charge is -2.19. The smallest absolute Gasteiger partial charge is 0.243 e. The third-order valence-corrected chi connectivity index (χ3v) is 5.60. The SMILES string of the molecule is CC(C)(C)c1ccc(C2CC2C(=O)NN=Cc2cc(C(C)(C)C)ccc2O)cc1. The molecule has 2 N–H and O–H groups in total. The Hall–Kier alpha value is -2.62. The number of phenolic OH excluding ortho intramolecular Hbond substituents is 1. The Morgan fingerprint density at radius 2 is 1.59 bits per heavy atom. The highest BCUT2D eigenvalue weighted by Crippen LogP contribution is 2.47. The van der Waals surface area contributed by atoms with Crippen molar-refractivity contribution >= 4 is 12.1 Å². The minimum atomic E-state index is -0.0717. The van der Waals surface area contributed by atoms with E-state index in [2.05, 4.69) is 76.3 Å². The van der Waals surface area contributed by atoms with E-state index >= 15 is 0 Å². The van der Waals surface area contributed by atoms with E-state index in [9.17, 15) is 9.90 Å². The van der Waals surface area contributed by atoms with Crippen molar-refractivity contribution in [2.24, 2.45) is 11.0 Å². The number of hydrazone groups is 1. The van der Waals surface area contributed by atoms with Crippen LogP contribution in [0.2, 0.25) is 0 Å². The molecule has 2 atom stereocenters. The first-order chi connectivity index (χ1) is 13.5. The van der Waals surface area contributed by atoms with Gasteiger partial charge in [-0.1, -0.05) is 71.9 Å². The van der Waals surface area contributed by atoms with Gasteiger partial charge in [0.05, 0.1) is 6.21 Å². The number of nitrogens with one attached hydrogen (secondary N) is 1. The standard InChI is InChI=1S/C25H32N2O2/c1-24(2,3)18-9-7-16(8-10-18)20-14-21(20)23(29)27-26-15-17-13-19(25(4,5)6)11-12-22(17)28/h7-13,15,20-21,28H,14H2,1-6H3,(H,27,29). The van der Waals surface area contributed by atoms with Gasteiger partial charge in [-0.25, -0.2) is 5.43 Å². The van der Waals surface area contributed by atoms with E-state index in [1.807, 2.05) is 12.1 Å². The number of hydrogen-bond acceptors (Lipinski definition) is 3. The number of carbonyl (C=O) groups excluding carboxylic acids is 1. The molecule has 154 valence electrons. The van der Waals surface area contributed by atoms with Crippen molar-refractivity contribution in [1.29, 1.82) is 0 Å². The molecule has 2 unspecified atom stereocenters. The van der Waals surface area contributed by atoms with Gasteiger partial charge in [0.1, 0.15) is 5.75 Å². The number of aromatic hydroxyl groups is 1. The van der Waals surface area contributed by atoms with E-state index in [1.54, 1.807) is 6.07 Å². The number of benzene rings is 2. The molecule has 0 heterocycles. The fraction of sp³-hybridized carbons (Fsp3) is 0.440. The van der Waals surface area contributed by atoms with Crippen LogP contribution in [0, 0.1) is 5.92 Å². The molecule has 4 nitrogen and oxygen atoms in total. The molecule has 29 heavy (non-hydrogen) atoms. The second-order valence-electron chi connectivity index (χ2n) is 10.1. The van der Waals surface area contributed by atoms with Crippen LogP contribution < -0.4 is 5.43 Å². The van der Waals surface area contributed by atoms with Gasteiger partial charge in [-0.05, 0) is 52.0 Å². The molecule has 1 saturated carbocycles. The first kappa shape index (κ1) is 21.1. The molecule has 0 aromatic heterocycles. The average Bonchev–Trinajstić information content (AvgIpc) is 3.42. The van der Waals surface area contributed by atoms with Crippen LogP contribution in [0.3, 0.4) is 0 Å². The highest BCUT2D eigenvalue weighted by Gasteiger charge is 2.44. The number of phenols is 1. The van der Waals surface area contributed by atoms with Crippen molar-refractivity contribution in [3.63, 3.8) is 0 Å². The van der Waals surface area contributed by atoms with E-state index in [0.29, 0.717) is 5.56 Å². The molecule has 1 fully saturated rings. The van der Waals surface area contributed by atoms with Crippen molar-refractivity contribution < 1.29 is 9.90 Å². The zero-order valence-electron chi connectivity index (χ0n) is 18.3. The predicted octanol–water partition coefficient (Wildman–Crippen LogP) is 5.24. The molecule has 0 spiro atoms. The third kappa shape index (κ3) is 5.06. The average molecular weight is 393 g/mol. The van der Waals surface area contributed by atoms with Gasteiger partial charge in [0.15, 0.2) is 0 Å². The zero-order chi connectivity index (χ0) is 21.4. The first-order valence-electron chi connectivity index (χ1n) is 10.2. The molecule has 1 amide bonds. The number of hydrogen-bond donors (Lipinski definition) is 2. The van der Waals surface area contributed by atoms with Gasteiger partial charge < -0.3 is 5.11 Å². The molecule has 3 rings (SSSR count). The quantitative estimate of drug-likeness (QED) is 0.552. The molecular weight excluding hydrogens is 360 g/mol. The van der Waals surface area contributed by atoms with Gasteiger partial charge in [-0.3, -0.25) is 4.79 Å². The van der Waals surface area contributed by atoms with Crippen LogP contribution in [0.5, 0.6) is 5.75 Å². The van der Waals surface area contributed by atoms with Gasteiger partial charge in [0.2, 0.25) is 5.91 Å². The summed E-state index contributed by atoms with van der Waals surface area (Å²) in [6.07, 6.45) is 2.36. The van der Waals surface area contributed by atoms with Gasteiger partial charge in [0.25, 0.3) is 0 Å². The van der Waals surface area contributed by atoms with E-state index in [1.165, 1.54) is 17.3 Å².